The lowest BCUT2D eigenvalue weighted by atomic mass is 10.2. The summed E-state index contributed by atoms with van der Waals surface area (Å²) in [5, 5.41) is 2.33. The molecule has 0 aromatic rings. The van der Waals surface area contributed by atoms with Crippen molar-refractivity contribution in [2.24, 2.45) is 0 Å². The molecule has 0 aromatic heterocycles. The third kappa shape index (κ3) is 7.73. The van der Waals surface area contributed by atoms with Gasteiger partial charge in [0.2, 0.25) is 0 Å². The van der Waals surface area contributed by atoms with E-state index in [4.69, 9.17) is 4.74 Å². The van der Waals surface area contributed by atoms with Crippen molar-refractivity contribution < 1.29 is 23.3 Å². The third-order valence-electron chi connectivity index (χ3n) is 1.58. The van der Waals surface area contributed by atoms with Crippen LogP contribution in [0.4, 0.5) is 4.79 Å². The molecule has 0 bridgehead atoms. The average molecular weight is 265 g/mol. The molecule has 100 valence electrons. The van der Waals surface area contributed by atoms with Crippen LogP contribution in [0, 0.1) is 0 Å². The van der Waals surface area contributed by atoms with E-state index in [2.05, 4.69) is 10.1 Å². The number of hydrogen-bond donors (Lipinski definition) is 1. The number of esters is 1. The van der Waals surface area contributed by atoms with Gasteiger partial charge in [-0.1, -0.05) is 0 Å². The fourth-order valence-electron chi connectivity index (χ4n) is 0.995. The second kappa shape index (κ2) is 6.58. The Labute approximate surface area is 103 Å². The van der Waals surface area contributed by atoms with Crippen LogP contribution in [0.3, 0.4) is 0 Å². The number of methoxy groups -OCH3 is 1. The summed E-state index contributed by atoms with van der Waals surface area (Å²) in [6.45, 7) is 5.12. The Morgan fingerprint density at radius 3 is 2.24 bits per heavy atom. The summed E-state index contributed by atoms with van der Waals surface area (Å²) in [4.78, 5) is 22.8. The molecule has 0 saturated carbocycles. The largest absolute Gasteiger partial charge is 0.467 e. The molecule has 0 rings (SSSR count). The highest BCUT2D eigenvalue weighted by Gasteiger charge is 2.25. The van der Waals surface area contributed by atoms with Crippen LogP contribution >= 0.6 is 0 Å². The van der Waals surface area contributed by atoms with E-state index in [1.54, 1.807) is 20.8 Å². The second-order valence-electron chi connectivity index (χ2n) is 4.46. The zero-order chi connectivity index (χ0) is 13.6. The van der Waals surface area contributed by atoms with E-state index in [-0.39, 0.29) is 5.75 Å². The number of carbonyl (C=O) groups is 2. The number of ether oxygens (including phenoxy) is 2. The maximum atomic E-state index is 11.4. The van der Waals surface area contributed by atoms with Crippen molar-refractivity contribution in [2.75, 3.05) is 19.1 Å². The molecule has 17 heavy (non-hydrogen) atoms. The number of nitrogens with one attached hydrogen (secondary N) is 1. The van der Waals surface area contributed by atoms with Crippen molar-refractivity contribution in [3.8, 4) is 0 Å². The minimum absolute atomic E-state index is 0.00802. The summed E-state index contributed by atoms with van der Waals surface area (Å²) in [6, 6.07) is -0.958. The molecule has 2 unspecified atom stereocenters. The Balaban J connectivity index is 4.48. The van der Waals surface area contributed by atoms with Crippen LogP contribution in [0.15, 0.2) is 0 Å². The maximum absolute atomic E-state index is 11.4. The van der Waals surface area contributed by atoms with Gasteiger partial charge in [-0.2, -0.15) is 0 Å². The molecular formula is C10H19NO5S. The van der Waals surface area contributed by atoms with Crippen molar-refractivity contribution in [1.82, 2.24) is 5.32 Å². The normalized spacial score (nSPS) is 14.6. The van der Waals surface area contributed by atoms with E-state index >= 15 is 0 Å². The quantitative estimate of drug-likeness (QED) is 0.745. The van der Waals surface area contributed by atoms with Crippen LogP contribution in [0.5, 0.6) is 0 Å². The van der Waals surface area contributed by atoms with Gasteiger partial charge in [-0.15, -0.1) is 0 Å². The van der Waals surface area contributed by atoms with E-state index in [1.165, 1.54) is 13.4 Å². The Kier molecular flexibility index (Phi) is 6.15. The van der Waals surface area contributed by atoms with E-state index in [0.717, 1.165) is 0 Å². The van der Waals surface area contributed by atoms with Crippen LogP contribution in [0.25, 0.3) is 0 Å². The molecule has 1 N–H and O–H groups in total. The molecule has 0 spiro atoms. The smallest absolute Gasteiger partial charge is 0.408 e. The molecule has 0 fully saturated rings. The van der Waals surface area contributed by atoms with Crippen molar-refractivity contribution >= 4 is 22.9 Å². The fraction of sp³-hybridized carbons (Fsp3) is 0.800. The van der Waals surface area contributed by atoms with Gasteiger partial charge in [-0.05, 0) is 20.8 Å². The monoisotopic (exact) mass is 265 g/mol. The molecule has 0 aliphatic heterocycles. The van der Waals surface area contributed by atoms with Crippen LogP contribution in [-0.4, -0.2) is 47.0 Å². The minimum atomic E-state index is -1.23. The predicted octanol–water partition coefficient (Wildman–Crippen LogP) is 0.431. The summed E-state index contributed by atoms with van der Waals surface area (Å²) >= 11 is 0. The van der Waals surface area contributed by atoms with E-state index in [0.29, 0.717) is 0 Å². The van der Waals surface area contributed by atoms with Crippen LogP contribution in [0.2, 0.25) is 0 Å². The average Bonchev–Trinajstić information content (AvgIpc) is 2.11. The number of alkyl carbamates (subject to hydrolysis) is 1. The molecule has 0 aliphatic carbocycles. The lowest BCUT2D eigenvalue weighted by Crippen LogP contribution is -2.46. The highest BCUT2D eigenvalue weighted by Crippen LogP contribution is 2.07. The number of amides is 1. The summed E-state index contributed by atoms with van der Waals surface area (Å²) in [5.74, 6) is -0.655. The van der Waals surface area contributed by atoms with Crippen LogP contribution < -0.4 is 5.32 Å². The van der Waals surface area contributed by atoms with E-state index < -0.39 is 34.5 Å². The van der Waals surface area contributed by atoms with Crippen molar-refractivity contribution in [2.45, 2.75) is 32.4 Å². The van der Waals surface area contributed by atoms with Gasteiger partial charge in [0.1, 0.15) is 11.6 Å². The van der Waals surface area contributed by atoms with Crippen molar-refractivity contribution in [3.05, 3.63) is 0 Å². The summed E-state index contributed by atoms with van der Waals surface area (Å²) in [6.07, 6.45) is 0.700. The summed E-state index contributed by atoms with van der Waals surface area (Å²) < 4.78 is 20.5. The zero-order valence-corrected chi connectivity index (χ0v) is 11.6. The Morgan fingerprint density at radius 1 is 1.35 bits per heavy atom. The van der Waals surface area contributed by atoms with Gasteiger partial charge in [-0.25, -0.2) is 9.59 Å². The number of hydrogen-bond acceptors (Lipinski definition) is 5. The van der Waals surface area contributed by atoms with Crippen LogP contribution in [-0.2, 0) is 25.1 Å². The highest BCUT2D eigenvalue weighted by molar-refractivity contribution is 7.84. The summed E-state index contributed by atoms with van der Waals surface area (Å²) in [7, 11) is -0.0294. The Hall–Kier alpha value is -1.11. The van der Waals surface area contributed by atoms with Gasteiger partial charge in [0.25, 0.3) is 0 Å². The predicted molar refractivity (Wildman–Crippen MR) is 64.1 cm³/mol. The minimum Gasteiger partial charge on any atom is -0.467 e. The first-order valence-electron chi connectivity index (χ1n) is 5.03. The topological polar surface area (TPSA) is 81.7 Å². The van der Waals surface area contributed by atoms with Gasteiger partial charge >= 0.3 is 12.1 Å². The Bertz CT molecular complexity index is 310. The molecule has 2 atom stereocenters. The number of carbonyl (C=O) groups excluding carboxylic acids is 2. The fourth-order valence-corrected chi connectivity index (χ4v) is 1.68. The van der Waals surface area contributed by atoms with Gasteiger partial charge in [-0.3, -0.25) is 4.21 Å². The van der Waals surface area contributed by atoms with Crippen molar-refractivity contribution in [1.29, 1.82) is 0 Å². The molecule has 0 heterocycles. The zero-order valence-electron chi connectivity index (χ0n) is 10.7. The van der Waals surface area contributed by atoms with Crippen molar-refractivity contribution in [3.63, 3.8) is 0 Å². The molecular weight excluding hydrogens is 246 g/mol. The third-order valence-corrected chi connectivity index (χ3v) is 2.38. The first-order chi connectivity index (χ1) is 7.65. The number of rotatable bonds is 4. The van der Waals surface area contributed by atoms with Gasteiger partial charge in [0.05, 0.1) is 12.9 Å². The lowest BCUT2D eigenvalue weighted by Gasteiger charge is -2.22. The molecule has 0 aromatic carbocycles. The second-order valence-corrected chi connectivity index (χ2v) is 5.94. The first kappa shape index (κ1) is 15.9. The molecule has 0 saturated heterocycles. The van der Waals surface area contributed by atoms with Crippen LogP contribution in [0.1, 0.15) is 20.8 Å². The molecule has 7 heteroatoms. The molecule has 1 amide bonds. The van der Waals surface area contributed by atoms with E-state index in [1.807, 2.05) is 0 Å². The molecule has 0 radical (unpaired) electrons. The maximum Gasteiger partial charge on any atom is 0.408 e. The SMILES string of the molecule is COC(=O)C(CS(C)=O)NC(=O)OC(C)(C)C. The van der Waals surface area contributed by atoms with Gasteiger partial charge in [0.15, 0.2) is 0 Å². The molecule has 0 aliphatic rings. The van der Waals surface area contributed by atoms with E-state index in [9.17, 15) is 13.8 Å². The lowest BCUT2D eigenvalue weighted by molar-refractivity contribution is -0.142. The standard InChI is InChI=1S/C10H19NO5S/c1-10(2,3)16-9(13)11-7(6-17(5)14)8(12)15-4/h7H,6H2,1-5H3,(H,11,13). The molecule has 6 nitrogen and oxygen atoms in total. The van der Waals surface area contributed by atoms with Gasteiger partial charge in [0, 0.05) is 17.1 Å². The highest BCUT2D eigenvalue weighted by atomic mass is 32.2. The van der Waals surface area contributed by atoms with Gasteiger partial charge < -0.3 is 14.8 Å². The summed E-state index contributed by atoms with van der Waals surface area (Å²) in [5.41, 5.74) is -0.657. The first-order valence-corrected chi connectivity index (χ1v) is 6.76. The Morgan fingerprint density at radius 2 is 1.88 bits per heavy atom.